The lowest BCUT2D eigenvalue weighted by atomic mass is 10.0. The molecule has 1 saturated carbocycles. The van der Waals surface area contributed by atoms with Gasteiger partial charge in [-0.1, -0.05) is 36.2 Å². The van der Waals surface area contributed by atoms with Crippen molar-refractivity contribution >= 4 is 23.2 Å². The van der Waals surface area contributed by atoms with E-state index in [9.17, 15) is 5.11 Å². The van der Waals surface area contributed by atoms with Gasteiger partial charge in [0.2, 0.25) is 0 Å². The first-order valence-electron chi connectivity index (χ1n) is 5.30. The minimum absolute atomic E-state index is 0.354. The Hall–Kier alpha value is -0.240. The standard InChI is InChI=1S/C12H14Cl2O/c1-2-7-5-6-9(13)10(11(7)14)12(15)8-3-4-8/h5-6,8,12,15H,2-4H2,1H3. The maximum atomic E-state index is 10.1. The van der Waals surface area contributed by atoms with Gasteiger partial charge in [0, 0.05) is 10.6 Å². The number of rotatable bonds is 3. The molecule has 1 aromatic carbocycles. The molecule has 1 aromatic rings. The van der Waals surface area contributed by atoms with Gasteiger partial charge < -0.3 is 5.11 Å². The third-order valence-electron chi connectivity index (χ3n) is 2.95. The maximum absolute atomic E-state index is 10.1. The molecule has 82 valence electrons. The molecule has 1 nitrogen and oxygen atoms in total. The molecular formula is C12H14Cl2O. The van der Waals surface area contributed by atoms with Crippen LogP contribution in [0.4, 0.5) is 0 Å². The molecule has 1 atom stereocenters. The van der Waals surface area contributed by atoms with Crippen LogP contribution in [-0.4, -0.2) is 5.11 Å². The van der Waals surface area contributed by atoms with Crippen LogP contribution in [0.5, 0.6) is 0 Å². The minimum atomic E-state index is -0.489. The fraction of sp³-hybridized carbons (Fsp3) is 0.500. The van der Waals surface area contributed by atoms with Crippen molar-refractivity contribution in [2.45, 2.75) is 32.3 Å². The van der Waals surface area contributed by atoms with E-state index in [1.165, 1.54) is 0 Å². The molecule has 2 rings (SSSR count). The average Bonchev–Trinajstić information content (AvgIpc) is 3.01. The molecule has 1 aliphatic carbocycles. The first kappa shape index (κ1) is 11.3. The van der Waals surface area contributed by atoms with Crippen LogP contribution in [0.2, 0.25) is 10.0 Å². The van der Waals surface area contributed by atoms with E-state index < -0.39 is 6.10 Å². The summed E-state index contributed by atoms with van der Waals surface area (Å²) in [5.41, 5.74) is 1.77. The number of aliphatic hydroxyl groups excluding tert-OH is 1. The number of aryl methyl sites for hydroxylation is 1. The van der Waals surface area contributed by atoms with Gasteiger partial charge in [-0.3, -0.25) is 0 Å². The Kier molecular flexibility index (Phi) is 3.24. The predicted octanol–water partition coefficient (Wildman–Crippen LogP) is 4.00. The van der Waals surface area contributed by atoms with Gasteiger partial charge in [0.25, 0.3) is 0 Å². The van der Waals surface area contributed by atoms with E-state index in [0.29, 0.717) is 16.0 Å². The van der Waals surface area contributed by atoms with Gasteiger partial charge in [0.05, 0.1) is 11.1 Å². The lowest BCUT2D eigenvalue weighted by Gasteiger charge is -2.15. The summed E-state index contributed by atoms with van der Waals surface area (Å²) in [6.45, 7) is 2.04. The van der Waals surface area contributed by atoms with Gasteiger partial charge in [0.1, 0.15) is 0 Å². The van der Waals surface area contributed by atoms with E-state index >= 15 is 0 Å². The second kappa shape index (κ2) is 4.32. The van der Waals surface area contributed by atoms with Crippen LogP contribution in [0.3, 0.4) is 0 Å². The molecule has 0 bridgehead atoms. The Bertz CT molecular complexity index is 372. The molecule has 1 aliphatic rings. The number of benzene rings is 1. The molecule has 1 fully saturated rings. The molecule has 0 aromatic heterocycles. The summed E-state index contributed by atoms with van der Waals surface area (Å²) in [5.74, 6) is 0.354. The molecular weight excluding hydrogens is 231 g/mol. The topological polar surface area (TPSA) is 20.2 Å². The van der Waals surface area contributed by atoms with Crippen molar-refractivity contribution in [3.63, 3.8) is 0 Å². The lowest BCUT2D eigenvalue weighted by Crippen LogP contribution is -2.03. The maximum Gasteiger partial charge on any atom is 0.0847 e. The van der Waals surface area contributed by atoms with Crippen LogP contribution >= 0.6 is 23.2 Å². The molecule has 1 unspecified atom stereocenters. The van der Waals surface area contributed by atoms with E-state index in [2.05, 4.69) is 0 Å². The van der Waals surface area contributed by atoms with E-state index in [1.807, 2.05) is 19.1 Å². The molecule has 0 saturated heterocycles. The van der Waals surface area contributed by atoms with Crippen LogP contribution < -0.4 is 0 Å². The number of aliphatic hydroxyl groups is 1. The second-order valence-corrected chi connectivity index (χ2v) is 4.86. The monoisotopic (exact) mass is 244 g/mol. The molecule has 15 heavy (non-hydrogen) atoms. The highest BCUT2D eigenvalue weighted by Crippen LogP contribution is 2.45. The second-order valence-electron chi connectivity index (χ2n) is 4.07. The molecule has 1 N–H and O–H groups in total. The average molecular weight is 245 g/mol. The summed E-state index contributed by atoms with van der Waals surface area (Å²) in [5, 5.41) is 11.3. The molecule has 0 radical (unpaired) electrons. The zero-order valence-corrected chi connectivity index (χ0v) is 10.1. The van der Waals surface area contributed by atoms with Crippen molar-refractivity contribution in [3.8, 4) is 0 Å². The van der Waals surface area contributed by atoms with Crippen molar-refractivity contribution in [1.82, 2.24) is 0 Å². The fourth-order valence-corrected chi connectivity index (χ4v) is 2.53. The highest BCUT2D eigenvalue weighted by Gasteiger charge is 2.33. The minimum Gasteiger partial charge on any atom is -0.388 e. The molecule has 0 spiro atoms. The summed E-state index contributed by atoms with van der Waals surface area (Å²) in [7, 11) is 0. The normalized spacial score (nSPS) is 17.9. The van der Waals surface area contributed by atoms with Gasteiger partial charge in [-0.15, -0.1) is 0 Å². The van der Waals surface area contributed by atoms with Crippen LogP contribution in [0.1, 0.15) is 37.0 Å². The summed E-state index contributed by atoms with van der Waals surface area (Å²) in [4.78, 5) is 0. The van der Waals surface area contributed by atoms with Crippen LogP contribution in [0.15, 0.2) is 12.1 Å². The van der Waals surface area contributed by atoms with Gasteiger partial charge in [0.15, 0.2) is 0 Å². The van der Waals surface area contributed by atoms with Crippen molar-refractivity contribution in [3.05, 3.63) is 33.3 Å². The summed E-state index contributed by atoms with van der Waals surface area (Å²) in [6.07, 6.45) is 2.52. The molecule has 3 heteroatoms. The van der Waals surface area contributed by atoms with E-state index in [1.54, 1.807) is 0 Å². The summed E-state index contributed by atoms with van der Waals surface area (Å²) in [6, 6.07) is 3.75. The first-order valence-corrected chi connectivity index (χ1v) is 6.05. The Morgan fingerprint density at radius 2 is 2.07 bits per heavy atom. The zero-order chi connectivity index (χ0) is 11.0. The highest BCUT2D eigenvalue weighted by molar-refractivity contribution is 6.36. The lowest BCUT2D eigenvalue weighted by molar-refractivity contribution is 0.154. The van der Waals surface area contributed by atoms with Crippen LogP contribution in [0.25, 0.3) is 0 Å². The number of hydrogen-bond acceptors (Lipinski definition) is 1. The van der Waals surface area contributed by atoms with Crippen molar-refractivity contribution in [1.29, 1.82) is 0 Å². The predicted molar refractivity (Wildman–Crippen MR) is 63.5 cm³/mol. The molecule has 0 amide bonds. The highest BCUT2D eigenvalue weighted by atomic mass is 35.5. The molecule has 0 heterocycles. The third kappa shape index (κ3) is 2.15. The first-order chi connectivity index (χ1) is 7.15. The van der Waals surface area contributed by atoms with Gasteiger partial charge >= 0.3 is 0 Å². The Morgan fingerprint density at radius 1 is 1.40 bits per heavy atom. The van der Waals surface area contributed by atoms with Crippen LogP contribution in [0, 0.1) is 5.92 Å². The summed E-state index contributed by atoms with van der Waals surface area (Å²) < 4.78 is 0. The smallest absolute Gasteiger partial charge is 0.0847 e. The van der Waals surface area contributed by atoms with Gasteiger partial charge in [-0.25, -0.2) is 0 Å². The Labute approximate surface area is 100 Å². The number of halogens is 2. The Morgan fingerprint density at radius 3 is 2.60 bits per heavy atom. The van der Waals surface area contributed by atoms with E-state index in [-0.39, 0.29) is 0 Å². The van der Waals surface area contributed by atoms with E-state index in [4.69, 9.17) is 23.2 Å². The van der Waals surface area contributed by atoms with Crippen molar-refractivity contribution in [2.75, 3.05) is 0 Å². The Balaban J connectivity index is 2.42. The summed E-state index contributed by atoms with van der Waals surface area (Å²) >= 11 is 12.3. The van der Waals surface area contributed by atoms with Crippen molar-refractivity contribution in [2.24, 2.45) is 5.92 Å². The zero-order valence-electron chi connectivity index (χ0n) is 8.63. The van der Waals surface area contributed by atoms with Crippen molar-refractivity contribution < 1.29 is 5.11 Å². The SMILES string of the molecule is CCc1ccc(Cl)c(C(O)C2CC2)c1Cl. The fourth-order valence-electron chi connectivity index (χ4n) is 1.81. The van der Waals surface area contributed by atoms with Gasteiger partial charge in [-0.2, -0.15) is 0 Å². The van der Waals surface area contributed by atoms with Gasteiger partial charge in [-0.05, 0) is 36.8 Å². The van der Waals surface area contributed by atoms with Crippen LogP contribution in [-0.2, 0) is 6.42 Å². The largest absolute Gasteiger partial charge is 0.388 e. The van der Waals surface area contributed by atoms with E-state index in [0.717, 1.165) is 30.4 Å². The number of hydrogen-bond donors (Lipinski definition) is 1. The third-order valence-corrected chi connectivity index (χ3v) is 3.73. The molecule has 0 aliphatic heterocycles. The quantitative estimate of drug-likeness (QED) is 0.853.